The van der Waals surface area contributed by atoms with Gasteiger partial charge in [0, 0.05) is 36.5 Å². The zero-order valence-corrected chi connectivity index (χ0v) is 24.3. The van der Waals surface area contributed by atoms with Gasteiger partial charge in [0.25, 0.3) is 0 Å². The number of nitrogens with zero attached hydrogens (tertiary/aromatic N) is 5. The molecule has 214 valence electrons. The number of aryl methyl sites for hydroxylation is 2. The Morgan fingerprint density at radius 1 is 1.02 bits per heavy atom. The van der Waals surface area contributed by atoms with Crippen molar-refractivity contribution in [1.29, 1.82) is 0 Å². The van der Waals surface area contributed by atoms with Crippen molar-refractivity contribution < 1.29 is 13.5 Å². The van der Waals surface area contributed by atoms with Crippen LogP contribution in [-0.4, -0.2) is 62.0 Å². The number of hydrogen-bond acceptors (Lipinski definition) is 9. The van der Waals surface area contributed by atoms with Crippen molar-refractivity contribution in [3.63, 3.8) is 0 Å². The highest BCUT2D eigenvalue weighted by atomic mass is 32.2. The van der Waals surface area contributed by atoms with Crippen molar-refractivity contribution in [3.05, 3.63) is 77.4 Å². The Labute approximate surface area is 239 Å². The molecule has 1 fully saturated rings. The van der Waals surface area contributed by atoms with Crippen molar-refractivity contribution in [2.24, 2.45) is 0 Å². The number of aromatic nitrogens is 5. The number of fused-ring (bicyclic) bond motifs is 2. The fraction of sp³-hybridized carbons (Fsp3) is 0.400. The summed E-state index contributed by atoms with van der Waals surface area (Å²) in [5.41, 5.74) is 3.84. The number of hydrogen-bond donors (Lipinski definition) is 3. The normalized spacial score (nSPS) is 23.0. The zero-order chi connectivity index (χ0) is 28.8. The summed E-state index contributed by atoms with van der Waals surface area (Å²) in [4.78, 5) is 14.9. The summed E-state index contributed by atoms with van der Waals surface area (Å²) < 4.78 is 29.5. The van der Waals surface area contributed by atoms with Crippen LogP contribution in [0.15, 0.2) is 59.8 Å². The first-order valence-electron chi connectivity index (χ1n) is 14.0. The van der Waals surface area contributed by atoms with E-state index < -0.39 is 20.7 Å². The van der Waals surface area contributed by atoms with E-state index >= 15 is 0 Å². The molecule has 1 atom stereocenters. The van der Waals surface area contributed by atoms with Gasteiger partial charge in [-0.25, -0.2) is 22.9 Å². The number of benzene rings is 1. The Hall–Kier alpha value is -3.83. The predicted octanol–water partition coefficient (Wildman–Crippen LogP) is 4.20. The fourth-order valence-electron chi connectivity index (χ4n) is 5.74. The van der Waals surface area contributed by atoms with Gasteiger partial charge in [0.05, 0.1) is 33.3 Å². The third-order valence-corrected chi connectivity index (χ3v) is 10.3. The molecule has 3 N–H and O–H groups in total. The average molecular weight is 574 g/mol. The van der Waals surface area contributed by atoms with E-state index in [0.717, 1.165) is 29.7 Å². The van der Waals surface area contributed by atoms with E-state index in [1.54, 1.807) is 29.9 Å². The molecule has 2 aliphatic rings. The van der Waals surface area contributed by atoms with E-state index in [4.69, 9.17) is 15.0 Å². The van der Waals surface area contributed by atoms with Gasteiger partial charge in [0.2, 0.25) is 5.95 Å². The molecular formula is C30H35N7O3S. The van der Waals surface area contributed by atoms with Gasteiger partial charge in [-0.3, -0.25) is 0 Å². The molecule has 1 unspecified atom stereocenters. The van der Waals surface area contributed by atoms with Gasteiger partial charge in [-0.1, -0.05) is 23.8 Å². The summed E-state index contributed by atoms with van der Waals surface area (Å²) in [5.74, 6) is 1.10. The van der Waals surface area contributed by atoms with Crippen LogP contribution < -0.4 is 10.6 Å². The van der Waals surface area contributed by atoms with E-state index in [-0.39, 0.29) is 6.04 Å². The van der Waals surface area contributed by atoms with Crippen LogP contribution in [0.3, 0.4) is 0 Å². The summed E-state index contributed by atoms with van der Waals surface area (Å²) in [6, 6.07) is 10.8. The van der Waals surface area contributed by atoms with Gasteiger partial charge in [0.1, 0.15) is 5.82 Å². The molecule has 4 aromatic rings. The van der Waals surface area contributed by atoms with Crippen molar-refractivity contribution in [3.8, 4) is 0 Å². The van der Waals surface area contributed by atoms with Gasteiger partial charge >= 0.3 is 0 Å². The van der Waals surface area contributed by atoms with Crippen LogP contribution in [0, 0.1) is 6.92 Å². The number of anilines is 2. The summed E-state index contributed by atoms with van der Waals surface area (Å²) in [7, 11) is -1.88. The zero-order valence-electron chi connectivity index (χ0n) is 23.5. The maximum absolute atomic E-state index is 13.9. The van der Waals surface area contributed by atoms with Crippen LogP contribution in [0.5, 0.6) is 0 Å². The maximum atomic E-state index is 13.9. The van der Waals surface area contributed by atoms with Crippen LogP contribution in [0.25, 0.3) is 11.2 Å². The lowest BCUT2D eigenvalue weighted by Crippen LogP contribution is -2.36. The Morgan fingerprint density at radius 3 is 2.51 bits per heavy atom. The Morgan fingerprint density at radius 2 is 1.78 bits per heavy atom. The first kappa shape index (κ1) is 27.3. The third-order valence-electron chi connectivity index (χ3n) is 8.19. The second kappa shape index (κ2) is 10.5. The smallest absolute Gasteiger partial charge is 0.225 e. The minimum Gasteiger partial charge on any atom is -0.390 e. The lowest BCUT2D eigenvalue weighted by molar-refractivity contribution is 0.0195. The number of rotatable bonds is 6. The molecule has 10 nitrogen and oxygen atoms in total. The van der Waals surface area contributed by atoms with E-state index in [0.29, 0.717) is 59.3 Å². The topological polar surface area (TPSA) is 134 Å². The second-order valence-corrected chi connectivity index (χ2v) is 13.5. The van der Waals surface area contributed by atoms with E-state index in [1.807, 2.05) is 50.4 Å². The highest BCUT2D eigenvalue weighted by Gasteiger charge is 2.33. The molecule has 0 saturated heterocycles. The van der Waals surface area contributed by atoms with Gasteiger partial charge in [0.15, 0.2) is 15.5 Å². The van der Waals surface area contributed by atoms with Crippen LogP contribution in [0.1, 0.15) is 61.5 Å². The average Bonchev–Trinajstić information content (AvgIpc) is 3.33. The number of sulfone groups is 1. The van der Waals surface area contributed by atoms with Crippen LogP contribution >= 0.6 is 0 Å². The van der Waals surface area contributed by atoms with Crippen LogP contribution in [0.2, 0.25) is 0 Å². The molecule has 6 rings (SSSR count). The lowest BCUT2D eigenvalue weighted by atomic mass is 9.84. The molecule has 0 bridgehead atoms. The first-order chi connectivity index (χ1) is 19.6. The van der Waals surface area contributed by atoms with Crippen molar-refractivity contribution in [2.45, 2.75) is 74.2 Å². The molecule has 0 aliphatic heterocycles. The van der Waals surface area contributed by atoms with Gasteiger partial charge < -0.3 is 15.7 Å². The molecule has 0 amide bonds. The molecule has 11 heteroatoms. The molecule has 1 saturated carbocycles. The summed E-state index contributed by atoms with van der Waals surface area (Å²) in [6.45, 7) is 3.82. The predicted molar refractivity (Wildman–Crippen MR) is 159 cm³/mol. The minimum atomic E-state index is -3.69. The molecular weight excluding hydrogens is 538 g/mol. The lowest BCUT2D eigenvalue weighted by Gasteiger charge is -2.33. The largest absolute Gasteiger partial charge is 0.390 e. The molecule has 2 aliphatic carbocycles. The molecule has 3 heterocycles. The number of nitrogens with one attached hydrogen (secondary N) is 2. The summed E-state index contributed by atoms with van der Waals surface area (Å²) in [5, 5.41) is 20.6. The van der Waals surface area contributed by atoms with E-state index in [2.05, 4.69) is 15.7 Å². The molecule has 41 heavy (non-hydrogen) atoms. The molecule has 1 aromatic carbocycles. The molecule has 0 spiro atoms. The fourth-order valence-corrected chi connectivity index (χ4v) is 7.35. The van der Waals surface area contributed by atoms with Crippen LogP contribution in [-0.2, 0) is 16.3 Å². The maximum Gasteiger partial charge on any atom is 0.225 e. The minimum absolute atomic E-state index is 0.152. The molecule has 0 radical (unpaired) electrons. The van der Waals surface area contributed by atoms with Crippen molar-refractivity contribution in [1.82, 2.24) is 24.6 Å². The second-order valence-electron chi connectivity index (χ2n) is 11.3. The van der Waals surface area contributed by atoms with Crippen molar-refractivity contribution >= 4 is 32.8 Å². The Balaban J connectivity index is 1.44. The molecule has 3 aromatic heterocycles. The van der Waals surface area contributed by atoms with Crippen LogP contribution in [0.4, 0.5) is 11.8 Å². The van der Waals surface area contributed by atoms with Gasteiger partial charge in [-0.15, -0.1) is 0 Å². The van der Waals surface area contributed by atoms with Gasteiger partial charge in [-0.2, -0.15) is 10.1 Å². The third kappa shape index (κ3) is 5.43. The summed E-state index contributed by atoms with van der Waals surface area (Å²) >= 11 is 0. The summed E-state index contributed by atoms with van der Waals surface area (Å²) in [6.07, 6.45) is 9.19. The first-order valence-corrected chi connectivity index (χ1v) is 15.6. The van der Waals surface area contributed by atoms with Gasteiger partial charge in [-0.05, 0) is 70.6 Å². The van der Waals surface area contributed by atoms with E-state index in [9.17, 15) is 13.5 Å². The van der Waals surface area contributed by atoms with Crippen molar-refractivity contribution in [2.75, 3.05) is 17.7 Å². The monoisotopic (exact) mass is 573 g/mol. The highest BCUT2D eigenvalue weighted by molar-refractivity contribution is 7.92. The SMILES string of the molecule is CNc1nc(N[C@H]2CC[C@](C)(O)CC2)nc2c1C(c1ccn3nccc3n1)=CC(S(=O)(=O)c1ccc(C)cc1)CC2. The standard InChI is InChI=1S/C30H35N7O3S/c1-19-4-6-21(7-5-19)41(39,40)22-8-9-25-27(23(18-22)24-13-17-37-26(34-24)12-16-32-37)28(31-3)36-29(35-25)33-20-10-14-30(2,38)15-11-20/h4-7,12-13,16-18,20,22,38H,8-11,14-15H2,1-3H3,(H2,31,33,35,36)/t20-,22?,30-. The van der Waals surface area contributed by atoms with E-state index in [1.165, 1.54) is 0 Å². The quantitative estimate of drug-likeness (QED) is 0.310. The number of aliphatic hydroxyl groups is 1. The Bertz CT molecular complexity index is 1720. The highest BCUT2D eigenvalue weighted by Crippen LogP contribution is 2.38. The Kier molecular flexibility index (Phi) is 7.03.